The summed E-state index contributed by atoms with van der Waals surface area (Å²) in [5.41, 5.74) is 0. The third-order valence-corrected chi connectivity index (χ3v) is 2.55. The van der Waals surface area contributed by atoms with Crippen LogP contribution in [0, 0.1) is 5.92 Å². The van der Waals surface area contributed by atoms with Gasteiger partial charge >= 0.3 is 0 Å². The zero-order valence-electron chi connectivity index (χ0n) is 10.9. The van der Waals surface area contributed by atoms with Crippen molar-refractivity contribution in [2.75, 3.05) is 20.8 Å². The van der Waals surface area contributed by atoms with Crippen LogP contribution in [0.25, 0.3) is 0 Å². The van der Waals surface area contributed by atoms with Crippen LogP contribution in [0.4, 0.5) is 0 Å². The predicted octanol–water partition coefficient (Wildman–Crippen LogP) is 2.41. The summed E-state index contributed by atoms with van der Waals surface area (Å²) >= 11 is 0. The van der Waals surface area contributed by atoms with Crippen molar-refractivity contribution in [3.8, 4) is 0 Å². The number of methoxy groups -OCH3 is 2. The Hall–Kier alpha value is -0.120. The molecule has 0 aliphatic rings. The fraction of sp³-hybridized carbons (Fsp3) is 1.00. The molecule has 3 nitrogen and oxygen atoms in total. The van der Waals surface area contributed by atoms with Crippen LogP contribution in [0.5, 0.6) is 0 Å². The highest BCUT2D eigenvalue weighted by Crippen LogP contribution is 2.05. The van der Waals surface area contributed by atoms with Gasteiger partial charge in [0.25, 0.3) is 0 Å². The molecule has 1 atom stereocenters. The summed E-state index contributed by atoms with van der Waals surface area (Å²) in [4.78, 5) is 0. The van der Waals surface area contributed by atoms with Crippen molar-refractivity contribution in [3.63, 3.8) is 0 Å². The molecule has 0 fully saturated rings. The lowest BCUT2D eigenvalue weighted by atomic mass is 10.1. The van der Waals surface area contributed by atoms with E-state index in [1.807, 2.05) is 0 Å². The van der Waals surface area contributed by atoms with Crippen LogP contribution in [0.2, 0.25) is 0 Å². The van der Waals surface area contributed by atoms with Crippen molar-refractivity contribution in [1.82, 2.24) is 5.32 Å². The van der Waals surface area contributed by atoms with Gasteiger partial charge in [0.2, 0.25) is 0 Å². The Kier molecular flexibility index (Phi) is 9.06. The van der Waals surface area contributed by atoms with Crippen molar-refractivity contribution in [2.45, 2.75) is 52.4 Å². The van der Waals surface area contributed by atoms with E-state index in [1.54, 1.807) is 14.2 Å². The molecule has 0 saturated carbocycles. The van der Waals surface area contributed by atoms with Gasteiger partial charge in [-0.2, -0.15) is 0 Å². The molecule has 1 N–H and O–H groups in total. The average Bonchev–Trinajstić information content (AvgIpc) is 2.18. The van der Waals surface area contributed by atoms with Gasteiger partial charge in [0.15, 0.2) is 6.29 Å². The molecule has 1 unspecified atom stereocenters. The zero-order valence-corrected chi connectivity index (χ0v) is 10.9. The van der Waals surface area contributed by atoms with Crippen LogP contribution in [-0.4, -0.2) is 33.1 Å². The number of ether oxygens (including phenoxy) is 2. The van der Waals surface area contributed by atoms with Crippen molar-refractivity contribution < 1.29 is 9.47 Å². The lowest BCUT2D eigenvalue weighted by Crippen LogP contribution is -2.40. The number of rotatable bonds is 9. The Morgan fingerprint density at radius 3 is 2.07 bits per heavy atom. The van der Waals surface area contributed by atoms with E-state index in [1.165, 1.54) is 19.3 Å². The Morgan fingerprint density at radius 2 is 1.60 bits per heavy atom. The molecule has 0 amide bonds. The van der Waals surface area contributed by atoms with Crippen LogP contribution < -0.4 is 5.32 Å². The molecule has 0 radical (unpaired) electrons. The smallest absolute Gasteiger partial charge is 0.171 e. The lowest BCUT2D eigenvalue weighted by molar-refractivity contribution is -0.119. The molecule has 0 aliphatic carbocycles. The summed E-state index contributed by atoms with van der Waals surface area (Å²) in [6.07, 6.45) is 3.69. The SMILES string of the molecule is COC(OC)C(C)NCCCCC(C)C. The van der Waals surface area contributed by atoms with Crippen LogP contribution in [-0.2, 0) is 9.47 Å². The summed E-state index contributed by atoms with van der Waals surface area (Å²) < 4.78 is 10.3. The van der Waals surface area contributed by atoms with Crippen molar-refractivity contribution in [3.05, 3.63) is 0 Å². The van der Waals surface area contributed by atoms with E-state index in [4.69, 9.17) is 9.47 Å². The fourth-order valence-corrected chi connectivity index (χ4v) is 1.61. The summed E-state index contributed by atoms with van der Waals surface area (Å²) in [7, 11) is 3.34. The number of nitrogens with one attached hydrogen (secondary N) is 1. The Morgan fingerprint density at radius 1 is 1.00 bits per heavy atom. The first kappa shape index (κ1) is 14.9. The minimum absolute atomic E-state index is 0.143. The maximum atomic E-state index is 5.17. The molecule has 0 rings (SSSR count). The first-order valence-electron chi connectivity index (χ1n) is 5.90. The highest BCUT2D eigenvalue weighted by molar-refractivity contribution is 4.64. The molecule has 3 heteroatoms. The summed E-state index contributed by atoms with van der Waals surface area (Å²) in [5, 5.41) is 3.41. The van der Waals surface area contributed by atoms with E-state index in [0.717, 1.165) is 12.5 Å². The van der Waals surface area contributed by atoms with Gasteiger partial charge in [-0.05, 0) is 25.8 Å². The van der Waals surface area contributed by atoms with E-state index < -0.39 is 0 Å². The van der Waals surface area contributed by atoms with Gasteiger partial charge in [-0.15, -0.1) is 0 Å². The second-order valence-electron chi connectivity index (χ2n) is 4.47. The molecule has 0 saturated heterocycles. The van der Waals surface area contributed by atoms with Crippen molar-refractivity contribution >= 4 is 0 Å². The maximum absolute atomic E-state index is 5.17. The van der Waals surface area contributed by atoms with Gasteiger partial charge in [0, 0.05) is 14.2 Å². The van der Waals surface area contributed by atoms with Crippen LogP contribution in [0.15, 0.2) is 0 Å². The van der Waals surface area contributed by atoms with E-state index in [2.05, 4.69) is 26.1 Å². The molecule has 0 heterocycles. The second-order valence-corrected chi connectivity index (χ2v) is 4.47. The van der Waals surface area contributed by atoms with E-state index >= 15 is 0 Å². The third-order valence-electron chi connectivity index (χ3n) is 2.55. The maximum Gasteiger partial charge on any atom is 0.171 e. The van der Waals surface area contributed by atoms with Crippen LogP contribution in [0.3, 0.4) is 0 Å². The van der Waals surface area contributed by atoms with Crippen LogP contribution in [0.1, 0.15) is 40.0 Å². The highest BCUT2D eigenvalue weighted by Gasteiger charge is 2.13. The van der Waals surface area contributed by atoms with E-state index in [0.29, 0.717) is 0 Å². The first-order valence-corrected chi connectivity index (χ1v) is 5.90. The second kappa shape index (κ2) is 9.13. The largest absolute Gasteiger partial charge is 0.354 e. The molecule has 0 aromatic rings. The normalized spacial score (nSPS) is 13.8. The standard InChI is InChI=1S/C12H27NO2/c1-10(2)8-6-7-9-13-11(3)12(14-4)15-5/h10-13H,6-9H2,1-5H3. The van der Waals surface area contributed by atoms with Gasteiger partial charge in [0.05, 0.1) is 6.04 Å². The zero-order chi connectivity index (χ0) is 11.7. The van der Waals surface area contributed by atoms with Gasteiger partial charge in [-0.1, -0.05) is 26.7 Å². The summed E-state index contributed by atoms with van der Waals surface area (Å²) in [6, 6.07) is 0.249. The van der Waals surface area contributed by atoms with Crippen LogP contribution >= 0.6 is 0 Å². The minimum Gasteiger partial charge on any atom is -0.354 e. The minimum atomic E-state index is -0.143. The quantitative estimate of drug-likeness (QED) is 0.475. The molecule has 0 aromatic carbocycles. The molecule has 0 aliphatic heterocycles. The third kappa shape index (κ3) is 7.77. The van der Waals surface area contributed by atoms with Gasteiger partial charge in [-0.3, -0.25) is 0 Å². The molecular formula is C12H27NO2. The van der Waals surface area contributed by atoms with Gasteiger partial charge in [0.1, 0.15) is 0 Å². The molecule has 92 valence electrons. The molecule has 0 aromatic heterocycles. The fourth-order valence-electron chi connectivity index (χ4n) is 1.61. The molecule has 0 spiro atoms. The Labute approximate surface area is 94.5 Å². The predicted molar refractivity (Wildman–Crippen MR) is 64.0 cm³/mol. The monoisotopic (exact) mass is 217 g/mol. The average molecular weight is 217 g/mol. The van der Waals surface area contributed by atoms with Gasteiger partial charge < -0.3 is 14.8 Å². The van der Waals surface area contributed by atoms with Crippen molar-refractivity contribution in [2.24, 2.45) is 5.92 Å². The van der Waals surface area contributed by atoms with E-state index in [-0.39, 0.29) is 12.3 Å². The lowest BCUT2D eigenvalue weighted by Gasteiger charge is -2.22. The molecular weight excluding hydrogens is 190 g/mol. The van der Waals surface area contributed by atoms with E-state index in [9.17, 15) is 0 Å². The highest BCUT2D eigenvalue weighted by atomic mass is 16.7. The molecule has 0 bridgehead atoms. The summed E-state index contributed by atoms with van der Waals surface area (Å²) in [6.45, 7) is 7.65. The number of hydrogen-bond donors (Lipinski definition) is 1. The number of hydrogen-bond acceptors (Lipinski definition) is 3. The van der Waals surface area contributed by atoms with Crippen molar-refractivity contribution in [1.29, 1.82) is 0 Å². The summed E-state index contributed by atoms with van der Waals surface area (Å²) in [5.74, 6) is 0.813. The molecule has 15 heavy (non-hydrogen) atoms. The first-order chi connectivity index (χ1) is 7.11. The number of unbranched alkanes of at least 4 members (excludes halogenated alkanes) is 1. The Bertz CT molecular complexity index is 136. The van der Waals surface area contributed by atoms with Gasteiger partial charge in [-0.25, -0.2) is 0 Å². The topological polar surface area (TPSA) is 30.5 Å². The Balaban J connectivity index is 3.41.